The zero-order valence-corrected chi connectivity index (χ0v) is 23.3. The molecule has 4 aromatic carbocycles. The quantitative estimate of drug-likeness (QED) is 0.166. The number of rotatable bonds is 5. The van der Waals surface area contributed by atoms with Crippen molar-refractivity contribution in [2.75, 3.05) is 0 Å². The number of aryl methyl sites for hydroxylation is 4. The van der Waals surface area contributed by atoms with E-state index in [0.717, 1.165) is 44.8 Å². The minimum atomic E-state index is -0.329. The van der Waals surface area contributed by atoms with Crippen LogP contribution in [0.4, 0.5) is 20.2 Å². The van der Waals surface area contributed by atoms with Crippen LogP contribution < -0.4 is 0 Å². The number of nitrogens with zero attached hydrogens (tertiary/aromatic N) is 2. The molecule has 7 heteroatoms. The monoisotopic (exact) mass is 580 g/mol. The van der Waals surface area contributed by atoms with Crippen molar-refractivity contribution < 1.29 is 21.4 Å². The van der Waals surface area contributed by atoms with E-state index in [1.807, 2.05) is 64.1 Å². The third kappa shape index (κ3) is 7.58. The van der Waals surface area contributed by atoms with Crippen LogP contribution in [0.3, 0.4) is 0 Å². The molecule has 0 radical (unpaired) electrons. The molecule has 0 saturated heterocycles. The molecule has 0 fully saturated rings. The molecule has 194 valence electrons. The Labute approximate surface area is 231 Å². The fraction of sp³-hybridized carbons (Fsp3) is 0.133. The number of benzene rings is 4. The molecule has 0 atom stereocenters. The molecular formula is C30H26Cl2F2N2Ni. The molecule has 0 aliphatic rings. The van der Waals surface area contributed by atoms with Crippen LogP contribution in [0.5, 0.6) is 0 Å². The summed E-state index contributed by atoms with van der Waals surface area (Å²) in [6.45, 7) is 8.03. The molecule has 0 aliphatic carbocycles. The first kappa shape index (κ1) is 28.7. The first-order valence-corrected chi connectivity index (χ1v) is 14.1. The molecule has 0 spiro atoms. The Bertz CT molecular complexity index is 1270. The molecular weight excluding hydrogens is 556 g/mol. The van der Waals surface area contributed by atoms with Gasteiger partial charge in [0, 0.05) is 11.1 Å². The van der Waals surface area contributed by atoms with E-state index in [-0.39, 0.29) is 11.6 Å². The molecule has 4 aromatic rings. The van der Waals surface area contributed by atoms with Crippen LogP contribution in [0.25, 0.3) is 0 Å². The van der Waals surface area contributed by atoms with Gasteiger partial charge in [-0.3, -0.25) is 0 Å². The predicted molar refractivity (Wildman–Crippen MR) is 149 cm³/mol. The number of hydrogen-bond acceptors (Lipinski definition) is 2. The standard InChI is InChI=1S/C30H26F2N2.2ClH.Ni/c1-19-7-5-8-20(2)27(19)33-29(23-11-15-25(31)16-12-23)30(24-13-17-26(32)18-14-24)34-28-21(3)9-6-10-22(28)4;;;/h5-18H,1-4H3;2*1H;/q;;;+2/p-2. The molecule has 4 rings (SSSR count). The SMILES string of the molecule is Cc1cccc(C)c1N=C(C(=Nc1c(C)cccc1C)c1ccc(F)cc1)c1ccc(F)cc1.[Cl][Ni][Cl]. The molecule has 0 heterocycles. The summed E-state index contributed by atoms with van der Waals surface area (Å²) in [5.41, 5.74) is 8.36. The van der Waals surface area contributed by atoms with Crippen molar-refractivity contribution in [1.82, 2.24) is 0 Å². The number of aliphatic imine (C=N–C) groups is 2. The average molecular weight is 582 g/mol. The number of hydrogen-bond donors (Lipinski definition) is 0. The van der Waals surface area contributed by atoms with Crippen molar-refractivity contribution in [3.63, 3.8) is 0 Å². The summed E-state index contributed by atoms with van der Waals surface area (Å²) in [7, 11) is 9.40. The summed E-state index contributed by atoms with van der Waals surface area (Å²) in [6, 6.07) is 24.5. The van der Waals surface area contributed by atoms with E-state index in [1.54, 1.807) is 24.3 Å². The maximum atomic E-state index is 13.8. The van der Waals surface area contributed by atoms with Crippen LogP contribution in [0.15, 0.2) is 94.9 Å². The number of halogens is 4. The topological polar surface area (TPSA) is 24.7 Å². The molecule has 0 N–H and O–H groups in total. The third-order valence-electron chi connectivity index (χ3n) is 5.79. The van der Waals surface area contributed by atoms with Gasteiger partial charge in [0.15, 0.2) is 0 Å². The Morgan fingerprint density at radius 3 is 1.08 bits per heavy atom. The molecule has 0 amide bonds. The Morgan fingerprint density at radius 2 is 0.811 bits per heavy atom. The second-order valence-corrected chi connectivity index (χ2v) is 10.1. The summed E-state index contributed by atoms with van der Waals surface area (Å²) in [5, 5.41) is 0. The first-order valence-electron chi connectivity index (χ1n) is 11.4. The van der Waals surface area contributed by atoms with E-state index in [1.165, 1.54) is 24.3 Å². The Hall–Kier alpha value is -2.85. The summed E-state index contributed by atoms with van der Waals surface area (Å²) < 4.78 is 27.6. The van der Waals surface area contributed by atoms with Gasteiger partial charge >= 0.3 is 33.0 Å². The number of para-hydroxylation sites is 2. The molecule has 37 heavy (non-hydrogen) atoms. The van der Waals surface area contributed by atoms with E-state index < -0.39 is 0 Å². The van der Waals surface area contributed by atoms with Gasteiger partial charge < -0.3 is 0 Å². The Balaban J connectivity index is 0.00000121. The van der Waals surface area contributed by atoms with Gasteiger partial charge in [0.25, 0.3) is 0 Å². The molecule has 2 nitrogen and oxygen atoms in total. The maximum absolute atomic E-state index is 13.8. The van der Waals surface area contributed by atoms with Gasteiger partial charge in [-0.15, -0.1) is 0 Å². The van der Waals surface area contributed by atoms with Gasteiger partial charge in [-0.2, -0.15) is 0 Å². The summed E-state index contributed by atoms with van der Waals surface area (Å²) >= 11 is 0.569. The van der Waals surface area contributed by atoms with E-state index in [0.29, 0.717) is 24.1 Å². The summed E-state index contributed by atoms with van der Waals surface area (Å²) in [5.74, 6) is -0.657. The second-order valence-electron chi connectivity index (χ2n) is 8.46. The minimum absolute atomic E-state index is 0.329. The molecule has 0 aliphatic heterocycles. The normalized spacial score (nSPS) is 11.8. The predicted octanol–water partition coefficient (Wildman–Crippen LogP) is 9.52. The van der Waals surface area contributed by atoms with E-state index in [9.17, 15) is 8.78 Å². The van der Waals surface area contributed by atoms with Crippen molar-refractivity contribution in [1.29, 1.82) is 0 Å². The van der Waals surface area contributed by atoms with Crippen LogP contribution in [0.2, 0.25) is 0 Å². The first-order chi connectivity index (χ1) is 17.7. The third-order valence-corrected chi connectivity index (χ3v) is 5.79. The van der Waals surface area contributed by atoms with Gasteiger partial charge in [-0.25, -0.2) is 18.8 Å². The van der Waals surface area contributed by atoms with Crippen LogP contribution in [-0.2, 0) is 12.7 Å². The molecule has 0 bridgehead atoms. The zero-order chi connectivity index (χ0) is 26.9. The average Bonchev–Trinajstić information content (AvgIpc) is 2.86. The van der Waals surface area contributed by atoms with Gasteiger partial charge in [-0.05, 0) is 98.5 Å². The van der Waals surface area contributed by atoms with Crippen molar-refractivity contribution in [2.24, 2.45) is 9.98 Å². The van der Waals surface area contributed by atoms with Crippen molar-refractivity contribution in [3.05, 3.63) is 130 Å². The van der Waals surface area contributed by atoms with Crippen molar-refractivity contribution in [2.45, 2.75) is 27.7 Å². The molecule has 0 saturated carbocycles. The fourth-order valence-corrected chi connectivity index (χ4v) is 3.91. The fourth-order valence-electron chi connectivity index (χ4n) is 3.91. The van der Waals surface area contributed by atoms with Gasteiger partial charge in [0.05, 0.1) is 22.8 Å². The zero-order valence-electron chi connectivity index (χ0n) is 20.8. The van der Waals surface area contributed by atoms with E-state index >= 15 is 0 Å². The summed E-state index contributed by atoms with van der Waals surface area (Å²) in [6.07, 6.45) is 0. The Kier molecular flexibility index (Phi) is 10.6. The Morgan fingerprint density at radius 1 is 0.541 bits per heavy atom. The molecule has 0 aromatic heterocycles. The van der Waals surface area contributed by atoms with Gasteiger partial charge in [-0.1, -0.05) is 36.4 Å². The van der Waals surface area contributed by atoms with Gasteiger partial charge in [0.2, 0.25) is 0 Å². The molecule has 0 unspecified atom stereocenters. The van der Waals surface area contributed by atoms with Crippen molar-refractivity contribution in [3.8, 4) is 0 Å². The van der Waals surface area contributed by atoms with E-state index in [4.69, 9.17) is 30.4 Å². The van der Waals surface area contributed by atoms with Crippen LogP contribution in [-0.4, -0.2) is 11.4 Å². The van der Waals surface area contributed by atoms with Crippen LogP contribution >= 0.6 is 20.4 Å². The van der Waals surface area contributed by atoms with Crippen LogP contribution in [0.1, 0.15) is 33.4 Å². The van der Waals surface area contributed by atoms with Crippen molar-refractivity contribution >= 4 is 43.2 Å². The second kappa shape index (κ2) is 13.6. The summed E-state index contributed by atoms with van der Waals surface area (Å²) in [4.78, 5) is 10.2. The van der Waals surface area contributed by atoms with E-state index in [2.05, 4.69) is 0 Å². The van der Waals surface area contributed by atoms with Crippen LogP contribution in [0, 0.1) is 39.3 Å². The van der Waals surface area contributed by atoms with Gasteiger partial charge in [0.1, 0.15) is 11.6 Å².